The molecule has 0 bridgehead atoms. The molecule has 9 heteroatoms. The second-order valence-electron chi connectivity index (χ2n) is 8.35. The minimum Gasteiger partial charge on any atom is -0.365 e. The van der Waals surface area contributed by atoms with Crippen molar-refractivity contribution in [3.63, 3.8) is 0 Å². The number of carbonyl (C=O) groups is 2. The molecule has 3 heterocycles. The summed E-state index contributed by atoms with van der Waals surface area (Å²) in [5.41, 5.74) is 8.59. The van der Waals surface area contributed by atoms with E-state index < -0.39 is 23.6 Å². The first kappa shape index (κ1) is 23.4. The van der Waals surface area contributed by atoms with Crippen molar-refractivity contribution >= 4 is 11.8 Å². The fraction of sp³-hybridized carbons (Fsp3) is 0.185. The van der Waals surface area contributed by atoms with Gasteiger partial charge in [0.25, 0.3) is 17.6 Å². The second-order valence-corrected chi connectivity index (χ2v) is 8.35. The van der Waals surface area contributed by atoms with Gasteiger partial charge < -0.3 is 20.5 Å². The number of nitrogens with two attached hydrogens (primary N) is 1. The van der Waals surface area contributed by atoms with Gasteiger partial charge in [-0.05, 0) is 24.1 Å². The quantitative estimate of drug-likeness (QED) is 0.397. The Morgan fingerprint density at radius 1 is 0.972 bits per heavy atom. The summed E-state index contributed by atoms with van der Waals surface area (Å²) in [6.45, 7) is 0.388. The zero-order valence-corrected chi connectivity index (χ0v) is 19.4. The Bertz CT molecular complexity index is 1350. The highest BCUT2D eigenvalue weighted by Crippen LogP contribution is 2.27. The van der Waals surface area contributed by atoms with E-state index in [4.69, 9.17) is 15.2 Å². The number of aromatic nitrogens is 3. The Morgan fingerprint density at radius 3 is 2.36 bits per heavy atom. The van der Waals surface area contributed by atoms with Crippen molar-refractivity contribution in [1.82, 2.24) is 19.9 Å². The van der Waals surface area contributed by atoms with E-state index in [1.165, 1.54) is 0 Å². The Labute approximate surface area is 207 Å². The van der Waals surface area contributed by atoms with Gasteiger partial charge in [-0.15, -0.1) is 0 Å². The molecule has 5 rings (SSSR count). The molecule has 2 amide bonds. The largest absolute Gasteiger partial charge is 0.365 e. The summed E-state index contributed by atoms with van der Waals surface area (Å²) in [7, 11) is 0. The van der Waals surface area contributed by atoms with Gasteiger partial charge in [-0.2, -0.15) is 0 Å². The molecule has 2 aromatic carbocycles. The molecule has 0 spiro atoms. The topological polar surface area (TPSA) is 121 Å². The molecule has 9 nitrogen and oxygen atoms in total. The van der Waals surface area contributed by atoms with Crippen LogP contribution in [0, 0.1) is 0 Å². The van der Waals surface area contributed by atoms with Gasteiger partial charge in [-0.3, -0.25) is 14.2 Å². The van der Waals surface area contributed by atoms with Gasteiger partial charge in [0.15, 0.2) is 5.82 Å². The van der Waals surface area contributed by atoms with Crippen molar-refractivity contribution < 1.29 is 19.1 Å². The van der Waals surface area contributed by atoms with Crippen LogP contribution in [0.2, 0.25) is 0 Å². The average molecular weight is 484 g/mol. The molecule has 3 N–H and O–H groups in total. The van der Waals surface area contributed by atoms with Crippen LogP contribution in [-0.4, -0.2) is 51.4 Å². The molecular weight excluding hydrogens is 458 g/mol. The summed E-state index contributed by atoms with van der Waals surface area (Å²) in [5.74, 6) is -2.63. The van der Waals surface area contributed by atoms with Gasteiger partial charge in [-0.25, -0.2) is 9.97 Å². The lowest BCUT2D eigenvalue weighted by Crippen LogP contribution is -2.61. The maximum absolute atomic E-state index is 13.6. The lowest BCUT2D eigenvalue weighted by molar-refractivity contribution is -0.189. The maximum Gasteiger partial charge on any atom is 0.280 e. The van der Waals surface area contributed by atoms with Crippen molar-refractivity contribution in [3.8, 4) is 17.1 Å². The fourth-order valence-corrected chi connectivity index (χ4v) is 4.29. The van der Waals surface area contributed by atoms with Crippen LogP contribution in [0.1, 0.15) is 15.9 Å². The fourth-order valence-electron chi connectivity index (χ4n) is 4.29. The number of hydrogen-bond donors (Lipinski definition) is 2. The third kappa shape index (κ3) is 4.61. The molecular formula is C27H25N5O4. The number of nitrogens with one attached hydrogen (secondary N) is 1. The summed E-state index contributed by atoms with van der Waals surface area (Å²) in [4.78, 5) is 35.0. The van der Waals surface area contributed by atoms with E-state index in [9.17, 15) is 9.59 Å². The van der Waals surface area contributed by atoms with E-state index in [0.29, 0.717) is 11.4 Å². The number of amides is 2. The smallest absolute Gasteiger partial charge is 0.280 e. The van der Waals surface area contributed by atoms with Gasteiger partial charge in [-0.1, -0.05) is 60.7 Å². The van der Waals surface area contributed by atoms with Crippen LogP contribution in [0.15, 0.2) is 91.5 Å². The Kier molecular flexibility index (Phi) is 6.57. The van der Waals surface area contributed by atoms with Crippen LogP contribution in [0.25, 0.3) is 17.1 Å². The highest BCUT2D eigenvalue weighted by molar-refractivity contribution is 5.98. The van der Waals surface area contributed by atoms with Crippen molar-refractivity contribution in [3.05, 3.63) is 103 Å². The zero-order valence-electron chi connectivity index (χ0n) is 19.4. The highest BCUT2D eigenvalue weighted by Gasteiger charge is 2.51. The SMILES string of the molecule is NC(=O)C1(C(Cc2ccccc2)NC(=O)c2cccnc2-n2cnc(-c3ccccc3)c2)OCCO1. The summed E-state index contributed by atoms with van der Waals surface area (Å²) in [6.07, 6.45) is 5.29. The first-order valence-corrected chi connectivity index (χ1v) is 11.5. The number of primary amides is 1. The molecule has 1 saturated heterocycles. The third-order valence-corrected chi connectivity index (χ3v) is 6.03. The van der Waals surface area contributed by atoms with E-state index in [1.54, 1.807) is 29.2 Å². The molecule has 2 aromatic heterocycles. The number of carbonyl (C=O) groups excluding carboxylic acids is 2. The Morgan fingerprint density at radius 2 is 1.67 bits per heavy atom. The van der Waals surface area contributed by atoms with Crippen molar-refractivity contribution in [2.75, 3.05) is 13.2 Å². The lowest BCUT2D eigenvalue weighted by Gasteiger charge is -2.33. The molecule has 1 aliphatic heterocycles. The van der Waals surface area contributed by atoms with Gasteiger partial charge in [0, 0.05) is 18.0 Å². The van der Waals surface area contributed by atoms with Gasteiger partial charge >= 0.3 is 0 Å². The number of ether oxygens (including phenoxy) is 2. The van der Waals surface area contributed by atoms with Gasteiger partial charge in [0.1, 0.15) is 6.33 Å². The summed E-state index contributed by atoms with van der Waals surface area (Å²) >= 11 is 0. The van der Waals surface area contributed by atoms with Crippen LogP contribution >= 0.6 is 0 Å². The highest BCUT2D eigenvalue weighted by atomic mass is 16.7. The van der Waals surface area contributed by atoms with E-state index >= 15 is 0 Å². The standard InChI is InChI=1S/C27H25N5O4/c28-26(34)27(35-14-15-36-27)23(16-19-8-3-1-4-9-19)31-25(33)21-12-7-13-29-24(21)32-17-22(30-18-32)20-10-5-2-6-11-20/h1-13,17-18,23H,14-16H2,(H2,28,34)(H,31,33). The first-order chi connectivity index (χ1) is 17.6. The van der Waals surface area contributed by atoms with Crippen LogP contribution in [0.4, 0.5) is 0 Å². The molecule has 0 radical (unpaired) electrons. The molecule has 1 fully saturated rings. The van der Waals surface area contributed by atoms with E-state index in [2.05, 4.69) is 15.3 Å². The predicted octanol–water partition coefficient (Wildman–Crippen LogP) is 2.50. The molecule has 36 heavy (non-hydrogen) atoms. The Balaban J connectivity index is 1.46. The van der Waals surface area contributed by atoms with Gasteiger partial charge in [0.05, 0.1) is 30.5 Å². The summed E-state index contributed by atoms with van der Waals surface area (Å²) < 4.78 is 13.1. The maximum atomic E-state index is 13.6. The molecule has 1 atom stereocenters. The van der Waals surface area contributed by atoms with Crippen LogP contribution in [0.5, 0.6) is 0 Å². The van der Waals surface area contributed by atoms with Crippen molar-refractivity contribution in [2.45, 2.75) is 18.2 Å². The minimum absolute atomic E-state index is 0.194. The molecule has 1 aliphatic rings. The molecule has 0 saturated carbocycles. The number of rotatable bonds is 8. The van der Waals surface area contributed by atoms with E-state index in [-0.39, 0.29) is 19.6 Å². The third-order valence-electron chi connectivity index (χ3n) is 6.03. The first-order valence-electron chi connectivity index (χ1n) is 11.5. The van der Waals surface area contributed by atoms with E-state index in [1.807, 2.05) is 66.9 Å². The van der Waals surface area contributed by atoms with E-state index in [0.717, 1.165) is 16.8 Å². The van der Waals surface area contributed by atoms with Crippen LogP contribution < -0.4 is 11.1 Å². The molecule has 182 valence electrons. The second kappa shape index (κ2) is 10.1. The minimum atomic E-state index is -1.77. The predicted molar refractivity (Wildman–Crippen MR) is 132 cm³/mol. The van der Waals surface area contributed by atoms with Crippen molar-refractivity contribution in [1.29, 1.82) is 0 Å². The number of hydrogen-bond acceptors (Lipinski definition) is 6. The van der Waals surface area contributed by atoms with Crippen LogP contribution in [-0.2, 0) is 20.7 Å². The summed E-state index contributed by atoms with van der Waals surface area (Å²) in [6, 6.07) is 21.6. The Hall–Kier alpha value is -4.34. The number of benzene rings is 2. The van der Waals surface area contributed by atoms with Crippen molar-refractivity contribution in [2.24, 2.45) is 5.73 Å². The summed E-state index contributed by atoms with van der Waals surface area (Å²) in [5, 5.41) is 2.93. The number of pyridine rings is 1. The molecule has 0 aliphatic carbocycles. The zero-order chi connectivity index (χ0) is 25.0. The lowest BCUT2D eigenvalue weighted by atomic mass is 9.97. The molecule has 1 unspecified atom stereocenters. The number of nitrogens with zero attached hydrogens (tertiary/aromatic N) is 3. The average Bonchev–Trinajstić information content (AvgIpc) is 3.61. The molecule has 4 aromatic rings. The monoisotopic (exact) mass is 483 g/mol. The van der Waals surface area contributed by atoms with Gasteiger partial charge in [0.2, 0.25) is 0 Å². The normalized spacial score (nSPS) is 15.3. The number of imidazole rings is 1. The van der Waals surface area contributed by atoms with Crippen LogP contribution in [0.3, 0.4) is 0 Å².